The SMILES string of the molecule is CCOc1cc([C@H]2[C@H]3C(=O)N(c4cccc5ccccc45)C(=O)[C@H]3ON2c2ccccc2)ccc1OCc1ccccc1. The van der Waals surface area contributed by atoms with E-state index in [2.05, 4.69) is 0 Å². The molecule has 5 aromatic rings. The minimum Gasteiger partial charge on any atom is -0.490 e. The fourth-order valence-electron chi connectivity index (χ4n) is 6.02. The fraction of sp³-hybridized carbons (Fsp3) is 0.167. The molecule has 2 aliphatic rings. The molecule has 2 heterocycles. The number of hydrogen-bond donors (Lipinski definition) is 0. The van der Waals surface area contributed by atoms with Crippen LogP contribution < -0.4 is 19.4 Å². The van der Waals surface area contributed by atoms with Gasteiger partial charge in [-0.25, -0.2) is 9.96 Å². The molecule has 3 atom stereocenters. The molecular weight excluding hydrogens is 540 g/mol. The van der Waals surface area contributed by atoms with Crippen molar-refractivity contribution >= 4 is 34.0 Å². The average molecular weight is 571 g/mol. The number of rotatable bonds is 8. The van der Waals surface area contributed by atoms with Crippen molar-refractivity contribution in [3.63, 3.8) is 0 Å². The number of anilines is 2. The highest BCUT2D eigenvalue weighted by Crippen LogP contribution is 2.49. The van der Waals surface area contributed by atoms with Gasteiger partial charge in [-0.15, -0.1) is 0 Å². The minimum absolute atomic E-state index is 0.294. The van der Waals surface area contributed by atoms with Crippen molar-refractivity contribution in [3.8, 4) is 11.5 Å². The quantitative estimate of drug-likeness (QED) is 0.190. The first kappa shape index (κ1) is 26.7. The molecule has 0 aromatic heterocycles. The highest BCUT2D eigenvalue weighted by Gasteiger charge is 2.60. The summed E-state index contributed by atoms with van der Waals surface area (Å²) in [6.07, 6.45) is -0.971. The zero-order chi connectivity index (χ0) is 29.3. The van der Waals surface area contributed by atoms with Crippen LogP contribution in [0.25, 0.3) is 10.8 Å². The third-order valence-corrected chi connectivity index (χ3v) is 7.98. The second-order valence-corrected chi connectivity index (χ2v) is 10.6. The highest BCUT2D eigenvalue weighted by molar-refractivity contribution is 6.26. The van der Waals surface area contributed by atoms with Gasteiger partial charge in [0.05, 0.1) is 24.0 Å². The Kier molecular flexibility index (Phi) is 7.01. The lowest BCUT2D eigenvalue weighted by Crippen LogP contribution is -2.37. The van der Waals surface area contributed by atoms with Crippen molar-refractivity contribution in [1.82, 2.24) is 0 Å². The first-order chi connectivity index (χ1) is 21.1. The van der Waals surface area contributed by atoms with Crippen molar-refractivity contribution in [1.29, 1.82) is 0 Å². The van der Waals surface area contributed by atoms with Crippen LogP contribution in [0.4, 0.5) is 11.4 Å². The smallest absolute Gasteiger partial charge is 0.266 e. The monoisotopic (exact) mass is 570 g/mol. The van der Waals surface area contributed by atoms with E-state index in [9.17, 15) is 9.59 Å². The Morgan fingerprint density at radius 1 is 0.721 bits per heavy atom. The van der Waals surface area contributed by atoms with Crippen LogP contribution in [0.2, 0.25) is 0 Å². The second kappa shape index (κ2) is 11.3. The molecule has 0 saturated carbocycles. The molecule has 2 aliphatic heterocycles. The fourth-order valence-corrected chi connectivity index (χ4v) is 6.02. The molecule has 0 spiro atoms. The lowest BCUT2D eigenvalue weighted by molar-refractivity contribution is -0.126. The summed E-state index contributed by atoms with van der Waals surface area (Å²) in [4.78, 5) is 35.9. The standard InChI is InChI=1S/C36H30N2O5/c1-2-41-31-22-26(20-21-30(31)42-23-24-12-5-3-6-13-24)33-32-34(43-38(33)27-16-7-4-8-17-27)36(40)37(35(32)39)29-19-11-15-25-14-9-10-18-28(25)29/h3-22,32-34H,2,23H2,1H3/t32-,33+,34+/m1/s1. The molecule has 0 aliphatic carbocycles. The molecular formula is C36H30N2O5. The molecule has 7 rings (SSSR count). The molecule has 5 aromatic carbocycles. The summed E-state index contributed by atoms with van der Waals surface area (Å²) >= 11 is 0. The van der Waals surface area contributed by atoms with Crippen LogP contribution in [0, 0.1) is 5.92 Å². The van der Waals surface area contributed by atoms with Gasteiger partial charge in [0.1, 0.15) is 12.5 Å². The molecule has 214 valence electrons. The van der Waals surface area contributed by atoms with Crippen LogP contribution in [0.3, 0.4) is 0 Å². The Morgan fingerprint density at radius 2 is 1.44 bits per heavy atom. The average Bonchev–Trinajstić information content (AvgIpc) is 3.56. The number of nitrogens with zero attached hydrogens (tertiary/aromatic N) is 2. The summed E-state index contributed by atoms with van der Waals surface area (Å²) in [5.74, 6) is -0.269. The summed E-state index contributed by atoms with van der Waals surface area (Å²) in [5.41, 5.74) is 3.14. The Balaban J connectivity index is 1.28. The van der Waals surface area contributed by atoms with Crippen molar-refractivity contribution in [2.45, 2.75) is 25.7 Å². The third-order valence-electron chi connectivity index (χ3n) is 7.98. The Hall–Kier alpha value is -5.14. The normalized spacial score (nSPS) is 19.6. The number of ether oxygens (including phenoxy) is 2. The van der Waals surface area contributed by atoms with Gasteiger partial charge in [-0.1, -0.05) is 91.0 Å². The van der Waals surface area contributed by atoms with Gasteiger partial charge in [0.15, 0.2) is 17.6 Å². The number of carbonyl (C=O) groups is 2. The predicted molar refractivity (Wildman–Crippen MR) is 165 cm³/mol. The number of para-hydroxylation sites is 1. The molecule has 2 saturated heterocycles. The van der Waals surface area contributed by atoms with Gasteiger partial charge in [0.25, 0.3) is 5.91 Å². The van der Waals surface area contributed by atoms with Gasteiger partial charge in [0.2, 0.25) is 5.91 Å². The number of carbonyl (C=O) groups excluding carboxylic acids is 2. The summed E-state index contributed by atoms with van der Waals surface area (Å²) in [6, 6.07) is 38.0. The van der Waals surface area contributed by atoms with Crippen LogP contribution in [-0.4, -0.2) is 24.5 Å². The van der Waals surface area contributed by atoms with Crippen molar-refractivity contribution in [3.05, 3.63) is 132 Å². The van der Waals surface area contributed by atoms with E-state index in [1.807, 2.05) is 128 Å². The van der Waals surface area contributed by atoms with E-state index < -0.39 is 18.1 Å². The molecule has 43 heavy (non-hydrogen) atoms. The van der Waals surface area contributed by atoms with Crippen LogP contribution in [0.5, 0.6) is 11.5 Å². The van der Waals surface area contributed by atoms with Crippen molar-refractivity contribution in [2.24, 2.45) is 5.92 Å². The minimum atomic E-state index is -0.971. The highest BCUT2D eigenvalue weighted by atomic mass is 16.7. The van der Waals surface area contributed by atoms with E-state index in [4.69, 9.17) is 14.3 Å². The Labute approximate surface area is 249 Å². The second-order valence-electron chi connectivity index (χ2n) is 10.6. The lowest BCUT2D eigenvalue weighted by atomic mass is 9.90. The largest absolute Gasteiger partial charge is 0.490 e. The topological polar surface area (TPSA) is 68.3 Å². The molecule has 0 radical (unpaired) electrons. The first-order valence-electron chi connectivity index (χ1n) is 14.4. The van der Waals surface area contributed by atoms with Crippen LogP contribution in [-0.2, 0) is 21.0 Å². The number of fused-ring (bicyclic) bond motifs is 2. The molecule has 2 fully saturated rings. The Morgan fingerprint density at radius 3 is 2.23 bits per heavy atom. The zero-order valence-electron chi connectivity index (χ0n) is 23.6. The maximum absolute atomic E-state index is 14.3. The maximum Gasteiger partial charge on any atom is 0.266 e. The van der Waals surface area contributed by atoms with Gasteiger partial charge in [0, 0.05) is 5.39 Å². The summed E-state index contributed by atoms with van der Waals surface area (Å²) in [7, 11) is 0. The van der Waals surface area contributed by atoms with E-state index in [0.717, 1.165) is 27.6 Å². The third kappa shape index (κ3) is 4.77. The maximum atomic E-state index is 14.3. The van der Waals surface area contributed by atoms with Gasteiger partial charge >= 0.3 is 0 Å². The van der Waals surface area contributed by atoms with E-state index in [1.54, 1.807) is 5.06 Å². The number of hydroxylamine groups is 1. The summed E-state index contributed by atoms with van der Waals surface area (Å²) < 4.78 is 12.2. The van der Waals surface area contributed by atoms with Gasteiger partial charge in [-0.2, -0.15) is 0 Å². The first-order valence-corrected chi connectivity index (χ1v) is 14.4. The predicted octanol–water partition coefficient (Wildman–Crippen LogP) is 6.87. The van der Waals surface area contributed by atoms with Crippen molar-refractivity contribution in [2.75, 3.05) is 16.6 Å². The van der Waals surface area contributed by atoms with Gasteiger partial charge < -0.3 is 9.47 Å². The van der Waals surface area contributed by atoms with Gasteiger partial charge in [-0.3, -0.25) is 14.4 Å². The zero-order valence-corrected chi connectivity index (χ0v) is 23.6. The summed E-state index contributed by atoms with van der Waals surface area (Å²) in [5, 5.41) is 3.48. The van der Waals surface area contributed by atoms with E-state index in [1.165, 1.54) is 4.90 Å². The number of hydrogen-bond acceptors (Lipinski definition) is 6. The summed E-state index contributed by atoms with van der Waals surface area (Å²) in [6.45, 7) is 2.74. The van der Waals surface area contributed by atoms with E-state index in [0.29, 0.717) is 30.4 Å². The van der Waals surface area contributed by atoms with Gasteiger partial charge in [-0.05, 0) is 53.8 Å². The molecule has 0 bridgehead atoms. The number of benzene rings is 5. The lowest BCUT2D eigenvalue weighted by Gasteiger charge is -2.29. The number of imide groups is 1. The molecule has 2 amide bonds. The molecule has 0 N–H and O–H groups in total. The Bertz CT molecular complexity index is 1790. The molecule has 7 nitrogen and oxygen atoms in total. The van der Waals surface area contributed by atoms with Crippen molar-refractivity contribution < 1.29 is 23.9 Å². The van der Waals surface area contributed by atoms with E-state index in [-0.39, 0.29) is 11.8 Å². The van der Waals surface area contributed by atoms with Crippen LogP contribution >= 0.6 is 0 Å². The van der Waals surface area contributed by atoms with Crippen LogP contribution in [0.15, 0.2) is 121 Å². The number of amides is 2. The van der Waals surface area contributed by atoms with Crippen LogP contribution in [0.1, 0.15) is 24.1 Å². The molecule has 0 unspecified atom stereocenters. The molecule has 7 heteroatoms. The van der Waals surface area contributed by atoms with E-state index >= 15 is 0 Å².